The molecule has 5 atom stereocenters. The van der Waals surface area contributed by atoms with Crippen LogP contribution in [-0.4, -0.2) is 79.0 Å². The number of anilines is 1. The number of hydrogen-bond acceptors (Lipinski definition) is 7. The summed E-state index contributed by atoms with van der Waals surface area (Å²) < 4.78 is 17.0. The predicted octanol–water partition coefficient (Wildman–Crippen LogP) is 2.31. The maximum atomic E-state index is 14.3. The average Bonchev–Trinajstić information content (AvgIpc) is 3.52. The zero-order valence-corrected chi connectivity index (χ0v) is 21.1. The van der Waals surface area contributed by atoms with Crippen LogP contribution < -0.4 is 9.64 Å². The summed E-state index contributed by atoms with van der Waals surface area (Å²) in [5, 5.41) is 9.18. The molecule has 3 heterocycles. The van der Waals surface area contributed by atoms with Gasteiger partial charge in [0.25, 0.3) is 5.91 Å². The third kappa shape index (κ3) is 4.39. The number of hydrogen-bond donors (Lipinski definition) is 1. The van der Waals surface area contributed by atoms with E-state index in [0.29, 0.717) is 43.7 Å². The van der Waals surface area contributed by atoms with Gasteiger partial charge in [0.05, 0.1) is 31.7 Å². The van der Waals surface area contributed by atoms with Gasteiger partial charge in [0.15, 0.2) is 0 Å². The van der Waals surface area contributed by atoms with Gasteiger partial charge in [-0.25, -0.2) is 0 Å². The Bertz CT molecular complexity index is 981. The van der Waals surface area contributed by atoms with Gasteiger partial charge in [-0.1, -0.05) is 6.08 Å². The van der Waals surface area contributed by atoms with Gasteiger partial charge in [0, 0.05) is 25.4 Å². The van der Waals surface area contributed by atoms with Gasteiger partial charge in [-0.15, -0.1) is 6.58 Å². The molecule has 1 aromatic carbocycles. The smallest absolute Gasteiger partial charge is 0.312 e. The summed E-state index contributed by atoms with van der Waals surface area (Å²) in [6.45, 7) is 6.45. The molecule has 1 N–H and O–H groups in total. The largest absolute Gasteiger partial charge is 0.497 e. The van der Waals surface area contributed by atoms with Gasteiger partial charge in [0.1, 0.15) is 17.4 Å². The SMILES string of the molecule is C=CCN(C(=O)[C@@H]1N(CCCCCO)C(=O)[C@H]2[C@H](C(=O)OCC)[C@@H]3CC[C@]12O3)c1ccc(OC)cc1. The van der Waals surface area contributed by atoms with E-state index in [-0.39, 0.29) is 31.6 Å². The summed E-state index contributed by atoms with van der Waals surface area (Å²) in [5.74, 6) is -1.72. The molecule has 1 spiro atoms. The Balaban J connectivity index is 1.71. The molecule has 0 aromatic heterocycles. The maximum Gasteiger partial charge on any atom is 0.312 e. The first-order valence-electron chi connectivity index (χ1n) is 12.8. The van der Waals surface area contributed by atoms with Crippen LogP contribution >= 0.6 is 0 Å². The number of unbranched alkanes of at least 4 members (excludes halogenated alkanes) is 2. The molecular formula is C27H36N2O7. The molecule has 36 heavy (non-hydrogen) atoms. The molecule has 1 aromatic rings. The minimum atomic E-state index is -1.07. The molecule has 0 saturated carbocycles. The van der Waals surface area contributed by atoms with Crippen molar-refractivity contribution < 1.29 is 33.7 Å². The van der Waals surface area contributed by atoms with Crippen molar-refractivity contribution >= 4 is 23.5 Å². The molecule has 0 aliphatic carbocycles. The topological polar surface area (TPSA) is 106 Å². The van der Waals surface area contributed by atoms with Crippen molar-refractivity contribution in [1.82, 2.24) is 4.90 Å². The first-order valence-corrected chi connectivity index (χ1v) is 12.8. The number of benzene rings is 1. The Kier molecular flexibility index (Phi) is 8.00. The average molecular weight is 501 g/mol. The van der Waals surface area contributed by atoms with Gasteiger partial charge in [0.2, 0.25) is 5.91 Å². The number of aliphatic hydroxyl groups excluding tert-OH is 1. The van der Waals surface area contributed by atoms with E-state index in [0.717, 1.165) is 6.42 Å². The number of amides is 2. The standard InChI is InChI=1S/C27H36N2O7/c1-4-15-28(18-9-11-19(34-3)12-10-18)25(32)23-27-14-13-20(36-27)21(26(33)35-5-2)22(27)24(31)29(23)16-7-6-8-17-30/h4,9-12,20-23,30H,1,5-8,13-17H2,2-3H3/t20-,21+,22+,23-,27+/m0/s1. The number of carbonyl (C=O) groups excluding carboxylic acids is 3. The number of methoxy groups -OCH3 is 1. The van der Waals surface area contributed by atoms with E-state index in [1.165, 1.54) is 0 Å². The fraction of sp³-hybridized carbons (Fsp3) is 0.593. The highest BCUT2D eigenvalue weighted by Crippen LogP contribution is 2.59. The van der Waals surface area contributed by atoms with Crippen LogP contribution in [-0.2, 0) is 23.9 Å². The normalized spacial score (nSPS) is 28.2. The van der Waals surface area contributed by atoms with Gasteiger partial charge >= 0.3 is 5.97 Å². The highest BCUT2D eigenvalue weighted by Gasteiger charge is 2.75. The zero-order chi connectivity index (χ0) is 25.9. The fourth-order valence-corrected chi connectivity index (χ4v) is 6.11. The number of aliphatic hydroxyl groups is 1. The van der Waals surface area contributed by atoms with E-state index < -0.39 is 35.6 Å². The fourth-order valence-electron chi connectivity index (χ4n) is 6.11. The first kappa shape index (κ1) is 26.2. The molecule has 0 unspecified atom stereocenters. The lowest BCUT2D eigenvalue weighted by Crippen LogP contribution is -2.56. The Labute approximate surface area is 212 Å². The quantitative estimate of drug-likeness (QED) is 0.267. The van der Waals surface area contributed by atoms with Crippen LogP contribution in [0.25, 0.3) is 0 Å². The lowest BCUT2D eigenvalue weighted by atomic mass is 9.70. The number of rotatable bonds is 12. The van der Waals surface area contributed by atoms with Crippen LogP contribution in [0.3, 0.4) is 0 Å². The van der Waals surface area contributed by atoms with E-state index in [2.05, 4.69) is 6.58 Å². The molecule has 3 saturated heterocycles. The van der Waals surface area contributed by atoms with E-state index in [1.54, 1.807) is 54.2 Å². The Morgan fingerprint density at radius 1 is 1.28 bits per heavy atom. The number of carbonyl (C=O) groups is 3. The number of fused-ring (bicyclic) bond motifs is 1. The Hall–Kier alpha value is -2.91. The van der Waals surface area contributed by atoms with Crippen molar-refractivity contribution in [3.63, 3.8) is 0 Å². The van der Waals surface area contributed by atoms with Gasteiger partial charge in [-0.2, -0.15) is 0 Å². The van der Waals surface area contributed by atoms with Crippen molar-refractivity contribution in [3.8, 4) is 5.75 Å². The first-order chi connectivity index (χ1) is 17.4. The molecule has 2 bridgehead atoms. The highest BCUT2D eigenvalue weighted by molar-refractivity contribution is 6.04. The molecule has 196 valence electrons. The summed E-state index contributed by atoms with van der Waals surface area (Å²) in [6.07, 6.45) is 4.31. The molecule has 3 aliphatic heterocycles. The highest BCUT2D eigenvalue weighted by atomic mass is 16.6. The van der Waals surface area contributed by atoms with Crippen molar-refractivity contribution in [3.05, 3.63) is 36.9 Å². The Morgan fingerprint density at radius 2 is 2.03 bits per heavy atom. The van der Waals surface area contributed by atoms with E-state index in [9.17, 15) is 19.5 Å². The summed E-state index contributed by atoms with van der Waals surface area (Å²) in [4.78, 5) is 44.2. The van der Waals surface area contributed by atoms with Gasteiger partial charge in [-0.3, -0.25) is 14.4 Å². The molecule has 9 heteroatoms. The van der Waals surface area contributed by atoms with E-state index in [1.807, 2.05) is 0 Å². The van der Waals surface area contributed by atoms with E-state index >= 15 is 0 Å². The van der Waals surface area contributed by atoms with Crippen molar-refractivity contribution in [2.75, 3.05) is 38.3 Å². The minimum Gasteiger partial charge on any atom is -0.497 e. The minimum absolute atomic E-state index is 0.0726. The monoisotopic (exact) mass is 500 g/mol. The maximum absolute atomic E-state index is 14.3. The van der Waals surface area contributed by atoms with Crippen LogP contribution in [0.4, 0.5) is 5.69 Å². The third-order valence-electron chi connectivity index (χ3n) is 7.61. The van der Waals surface area contributed by atoms with Crippen molar-refractivity contribution in [2.45, 2.75) is 56.8 Å². The summed E-state index contributed by atoms with van der Waals surface area (Å²) in [6, 6.07) is 6.29. The Morgan fingerprint density at radius 3 is 2.67 bits per heavy atom. The van der Waals surface area contributed by atoms with Crippen LogP contribution in [0.1, 0.15) is 39.0 Å². The van der Waals surface area contributed by atoms with Crippen molar-refractivity contribution in [2.24, 2.45) is 11.8 Å². The molecular weight excluding hydrogens is 464 g/mol. The second-order valence-electron chi connectivity index (χ2n) is 9.56. The van der Waals surface area contributed by atoms with Crippen LogP contribution in [0, 0.1) is 11.8 Å². The third-order valence-corrected chi connectivity index (χ3v) is 7.61. The second-order valence-corrected chi connectivity index (χ2v) is 9.56. The number of ether oxygens (including phenoxy) is 3. The van der Waals surface area contributed by atoms with Crippen molar-refractivity contribution in [1.29, 1.82) is 0 Å². The van der Waals surface area contributed by atoms with Crippen LogP contribution in [0.5, 0.6) is 5.75 Å². The number of esters is 1. The van der Waals surface area contributed by atoms with E-state index in [4.69, 9.17) is 14.2 Å². The molecule has 3 aliphatic rings. The lowest BCUT2D eigenvalue weighted by Gasteiger charge is -2.36. The summed E-state index contributed by atoms with van der Waals surface area (Å²) >= 11 is 0. The molecule has 4 rings (SSSR count). The summed E-state index contributed by atoms with van der Waals surface area (Å²) in [7, 11) is 1.58. The van der Waals surface area contributed by atoms with Crippen LogP contribution in [0.15, 0.2) is 36.9 Å². The zero-order valence-electron chi connectivity index (χ0n) is 21.1. The molecule has 9 nitrogen and oxygen atoms in total. The molecule has 3 fully saturated rings. The van der Waals surface area contributed by atoms with Gasteiger partial charge < -0.3 is 29.1 Å². The molecule has 2 amide bonds. The lowest BCUT2D eigenvalue weighted by molar-refractivity contribution is -0.154. The van der Waals surface area contributed by atoms with Crippen LogP contribution in [0.2, 0.25) is 0 Å². The predicted molar refractivity (Wildman–Crippen MR) is 132 cm³/mol. The van der Waals surface area contributed by atoms with Gasteiger partial charge in [-0.05, 0) is 63.3 Å². The molecule has 0 radical (unpaired) electrons. The second kappa shape index (κ2) is 11.0. The number of likely N-dealkylation sites (tertiary alicyclic amines) is 1. The number of nitrogens with zero attached hydrogens (tertiary/aromatic N) is 2. The summed E-state index contributed by atoms with van der Waals surface area (Å²) in [5.41, 5.74) is -0.415.